The molecule has 3 rings (SSSR count). The van der Waals surface area contributed by atoms with Crippen LogP contribution in [-0.4, -0.2) is 42.1 Å². The molecule has 29 heavy (non-hydrogen) atoms. The summed E-state index contributed by atoms with van der Waals surface area (Å²) < 4.78 is 76.1. The maximum atomic E-state index is 12.7. The van der Waals surface area contributed by atoms with Gasteiger partial charge in [-0.15, -0.1) is 5.11 Å². The number of benzene rings is 1. The minimum atomic E-state index is -4.60. The third kappa shape index (κ3) is 5.12. The van der Waals surface area contributed by atoms with E-state index >= 15 is 0 Å². The van der Waals surface area contributed by atoms with Gasteiger partial charge in [-0.3, -0.25) is 10.1 Å². The minimum absolute atomic E-state index is 0.0274. The van der Waals surface area contributed by atoms with E-state index in [1.165, 1.54) is 0 Å². The van der Waals surface area contributed by atoms with Crippen molar-refractivity contribution in [2.45, 2.75) is 31.2 Å². The molecular weight excluding hydrogens is 404 g/mol. The number of guanidine groups is 1. The molecule has 1 saturated heterocycles. The number of aliphatic imine (C=N–C) groups is 1. The molecule has 1 unspecified atom stereocenters. The molecule has 2 aliphatic rings. The number of carbonyl (C=O) groups excluding carboxylic acids is 1. The number of hydrogen-bond acceptors (Lipinski definition) is 4. The van der Waals surface area contributed by atoms with Crippen LogP contribution in [0.15, 0.2) is 51.4 Å². The van der Waals surface area contributed by atoms with Crippen LogP contribution >= 0.6 is 0 Å². The van der Waals surface area contributed by atoms with E-state index in [1.807, 2.05) is 0 Å². The van der Waals surface area contributed by atoms with E-state index in [9.17, 15) is 31.1 Å². The van der Waals surface area contributed by atoms with Gasteiger partial charge in [0.05, 0.1) is 5.56 Å². The van der Waals surface area contributed by atoms with E-state index in [2.05, 4.69) is 20.5 Å². The molecule has 0 bridgehead atoms. The Morgan fingerprint density at radius 2 is 1.69 bits per heavy atom. The van der Waals surface area contributed by atoms with E-state index in [1.54, 1.807) is 4.90 Å². The molecular formula is C17H15F6N5O. The molecule has 0 spiro atoms. The van der Waals surface area contributed by atoms with Crippen molar-refractivity contribution in [2.24, 2.45) is 15.2 Å². The van der Waals surface area contributed by atoms with Gasteiger partial charge in [0.15, 0.2) is 11.9 Å². The fourth-order valence-corrected chi connectivity index (χ4v) is 2.75. The van der Waals surface area contributed by atoms with Gasteiger partial charge < -0.3 is 4.90 Å². The Morgan fingerprint density at radius 3 is 2.21 bits per heavy atom. The highest BCUT2D eigenvalue weighted by atomic mass is 19.4. The molecule has 1 atom stereocenters. The van der Waals surface area contributed by atoms with Crippen LogP contribution in [0.2, 0.25) is 0 Å². The number of likely N-dealkylation sites (tertiary alicyclic amines) is 1. The van der Waals surface area contributed by atoms with Crippen LogP contribution in [0.3, 0.4) is 0 Å². The molecule has 0 saturated carbocycles. The van der Waals surface area contributed by atoms with Gasteiger partial charge in [0.25, 0.3) is 5.91 Å². The molecule has 6 nitrogen and oxygen atoms in total. The highest BCUT2D eigenvalue weighted by Gasteiger charge is 2.41. The molecule has 12 heteroatoms. The lowest BCUT2D eigenvalue weighted by Crippen LogP contribution is -2.42. The monoisotopic (exact) mass is 419 g/mol. The first kappa shape index (κ1) is 20.8. The maximum absolute atomic E-state index is 12.7. The molecule has 1 aromatic carbocycles. The predicted octanol–water partition coefficient (Wildman–Crippen LogP) is 4.13. The van der Waals surface area contributed by atoms with Crippen molar-refractivity contribution in [3.8, 4) is 0 Å². The Morgan fingerprint density at radius 1 is 1.07 bits per heavy atom. The number of nitrogens with zero attached hydrogens (tertiary/aromatic N) is 4. The SMILES string of the molecule is O=C(NC(=NC1=CC(C(F)(F)F)N=N1)N1CCCC1)c1ccc(C(F)(F)F)cc1. The fourth-order valence-electron chi connectivity index (χ4n) is 2.75. The lowest BCUT2D eigenvalue weighted by Gasteiger charge is -2.20. The Kier molecular flexibility index (Phi) is 5.62. The number of carbonyl (C=O) groups is 1. The van der Waals surface area contributed by atoms with Crippen molar-refractivity contribution in [2.75, 3.05) is 13.1 Å². The second-order valence-electron chi connectivity index (χ2n) is 6.39. The van der Waals surface area contributed by atoms with E-state index in [4.69, 9.17) is 0 Å². The van der Waals surface area contributed by atoms with Gasteiger partial charge in [-0.25, -0.2) is 0 Å². The summed E-state index contributed by atoms with van der Waals surface area (Å²) >= 11 is 0. The molecule has 2 heterocycles. The first-order chi connectivity index (χ1) is 13.5. The zero-order valence-electron chi connectivity index (χ0n) is 14.8. The van der Waals surface area contributed by atoms with E-state index in [-0.39, 0.29) is 17.3 Å². The predicted molar refractivity (Wildman–Crippen MR) is 89.9 cm³/mol. The summed E-state index contributed by atoms with van der Waals surface area (Å²) in [5, 5.41) is 8.94. The summed E-state index contributed by atoms with van der Waals surface area (Å²) in [5.41, 5.74) is -0.961. The number of nitrogens with one attached hydrogen (secondary N) is 1. The third-order valence-corrected chi connectivity index (χ3v) is 4.25. The van der Waals surface area contributed by atoms with Gasteiger partial charge >= 0.3 is 12.4 Å². The Balaban J connectivity index is 1.80. The van der Waals surface area contributed by atoms with Crippen molar-refractivity contribution >= 4 is 11.9 Å². The Bertz CT molecular complexity index is 851. The number of halogens is 6. The van der Waals surface area contributed by atoms with Crippen LogP contribution < -0.4 is 5.32 Å². The Labute approximate surface area is 161 Å². The zero-order chi connectivity index (χ0) is 21.2. The summed E-state index contributed by atoms with van der Waals surface area (Å²) in [6, 6.07) is 1.45. The Hall–Kier alpha value is -2.92. The standard InChI is InChI=1S/C17H15F6N5O/c18-16(19,20)11-5-3-10(4-6-11)14(29)25-15(28-7-1-2-8-28)24-13-9-12(26-27-13)17(21,22)23/h3-6,9,12H,1-2,7-8H2,(H,24,25,29). The second kappa shape index (κ2) is 7.84. The minimum Gasteiger partial charge on any atom is -0.342 e. The summed E-state index contributed by atoms with van der Waals surface area (Å²) in [7, 11) is 0. The van der Waals surface area contributed by atoms with Gasteiger partial charge in [-0.1, -0.05) is 0 Å². The lowest BCUT2D eigenvalue weighted by molar-refractivity contribution is -0.138. The van der Waals surface area contributed by atoms with Crippen LogP contribution in [-0.2, 0) is 6.18 Å². The van der Waals surface area contributed by atoms with Gasteiger partial charge in [-0.05, 0) is 43.2 Å². The van der Waals surface area contributed by atoms with Gasteiger partial charge in [-0.2, -0.15) is 36.4 Å². The molecule has 0 aliphatic carbocycles. The van der Waals surface area contributed by atoms with E-state index in [0.29, 0.717) is 13.1 Å². The first-order valence-corrected chi connectivity index (χ1v) is 8.56. The number of amides is 1. The number of rotatable bonds is 2. The van der Waals surface area contributed by atoms with Crippen LogP contribution in [0.25, 0.3) is 0 Å². The summed E-state index contributed by atoms with van der Waals surface area (Å²) in [6.07, 6.45) is -6.83. The van der Waals surface area contributed by atoms with Crippen molar-refractivity contribution < 1.29 is 31.1 Å². The first-order valence-electron chi connectivity index (χ1n) is 8.56. The van der Waals surface area contributed by atoms with Crippen molar-refractivity contribution in [1.29, 1.82) is 0 Å². The number of alkyl halides is 6. The second-order valence-corrected chi connectivity index (χ2v) is 6.39. The quantitative estimate of drug-likeness (QED) is 0.445. The number of hydrogen-bond donors (Lipinski definition) is 1. The van der Waals surface area contributed by atoms with Crippen LogP contribution in [0.5, 0.6) is 0 Å². The smallest absolute Gasteiger partial charge is 0.342 e. The maximum Gasteiger partial charge on any atom is 0.416 e. The van der Waals surface area contributed by atoms with Crippen molar-refractivity contribution in [3.63, 3.8) is 0 Å². The topological polar surface area (TPSA) is 69.4 Å². The molecule has 156 valence electrons. The molecule has 1 amide bonds. The average molecular weight is 419 g/mol. The van der Waals surface area contributed by atoms with E-state index in [0.717, 1.165) is 43.2 Å². The average Bonchev–Trinajstić information content (AvgIpc) is 3.32. The zero-order valence-corrected chi connectivity index (χ0v) is 14.8. The molecule has 1 aromatic rings. The highest BCUT2D eigenvalue weighted by molar-refractivity contribution is 6.06. The normalized spacial score (nSPS) is 20.2. The van der Waals surface area contributed by atoms with Crippen LogP contribution in [0, 0.1) is 0 Å². The molecule has 0 radical (unpaired) electrons. The van der Waals surface area contributed by atoms with Gasteiger partial charge in [0.2, 0.25) is 5.96 Å². The largest absolute Gasteiger partial charge is 0.416 e. The molecule has 2 aliphatic heterocycles. The molecule has 1 fully saturated rings. The lowest BCUT2D eigenvalue weighted by atomic mass is 10.1. The summed E-state index contributed by atoms with van der Waals surface area (Å²) in [6.45, 7) is 1.03. The van der Waals surface area contributed by atoms with Gasteiger partial charge in [0, 0.05) is 18.7 Å². The van der Waals surface area contributed by atoms with Crippen LogP contribution in [0.4, 0.5) is 26.3 Å². The number of azo groups is 1. The van der Waals surface area contributed by atoms with Gasteiger partial charge in [0.1, 0.15) is 0 Å². The molecule has 0 aromatic heterocycles. The fraction of sp³-hybridized carbons (Fsp3) is 0.412. The highest BCUT2D eigenvalue weighted by Crippen LogP contribution is 2.30. The van der Waals surface area contributed by atoms with Crippen LogP contribution in [0.1, 0.15) is 28.8 Å². The summed E-state index contributed by atoms with van der Waals surface area (Å²) in [5.74, 6) is -1.07. The van der Waals surface area contributed by atoms with E-state index < -0.39 is 29.9 Å². The van der Waals surface area contributed by atoms with Crippen molar-refractivity contribution in [1.82, 2.24) is 10.2 Å². The third-order valence-electron chi connectivity index (χ3n) is 4.25. The molecule has 1 N–H and O–H groups in total. The summed E-state index contributed by atoms with van der Waals surface area (Å²) in [4.78, 5) is 18.0. The van der Waals surface area contributed by atoms with Crippen molar-refractivity contribution in [3.05, 3.63) is 47.3 Å².